The van der Waals surface area contributed by atoms with Crippen molar-refractivity contribution in [2.75, 3.05) is 0 Å². The molecule has 0 radical (unpaired) electrons. The van der Waals surface area contributed by atoms with Crippen LogP contribution >= 0.6 is 0 Å². The van der Waals surface area contributed by atoms with Crippen LogP contribution in [-0.4, -0.2) is 17.6 Å². The van der Waals surface area contributed by atoms with E-state index in [2.05, 4.69) is 111 Å². The molecule has 0 N–H and O–H groups in total. The van der Waals surface area contributed by atoms with Crippen LogP contribution < -0.4 is 15.6 Å². The van der Waals surface area contributed by atoms with Gasteiger partial charge >= 0.3 is 0 Å². The molecule has 0 aliphatic rings. The monoisotopic (exact) mass is 334 g/mol. The predicted molar refractivity (Wildman–Crippen MR) is 110 cm³/mol. The fraction of sp³-hybridized carbons (Fsp3) is 0.143. The fourth-order valence-corrected chi connectivity index (χ4v) is 5.49. The zero-order valence-corrected chi connectivity index (χ0v) is 16.6. The Morgan fingerprint density at radius 3 is 0.870 bits per heavy atom. The molecule has 0 atom stereocenters. The number of hydrogen-bond acceptors (Lipinski definition) is 0. The van der Waals surface area contributed by atoms with E-state index in [1.807, 2.05) is 0 Å². The summed E-state index contributed by atoms with van der Waals surface area (Å²) in [7, 11) is -1.45. The second kappa shape index (κ2) is 9.28. The highest BCUT2D eigenvalue weighted by molar-refractivity contribution is 6.95. The molecule has 23 heavy (non-hydrogen) atoms. The summed E-state index contributed by atoms with van der Waals surface area (Å²) in [5.74, 6) is 0. The lowest BCUT2D eigenvalue weighted by Crippen LogP contribution is -2.51. The third-order valence-electron chi connectivity index (χ3n) is 3.40. The fourth-order valence-electron chi connectivity index (χ4n) is 2.51. The molecule has 118 valence electrons. The van der Waals surface area contributed by atoms with Crippen molar-refractivity contribution in [3.05, 3.63) is 91.0 Å². The molecule has 3 rings (SSSR count). The van der Waals surface area contributed by atoms with Crippen LogP contribution in [0.15, 0.2) is 91.0 Å². The first kappa shape index (κ1) is 17.4. The van der Waals surface area contributed by atoms with E-state index in [4.69, 9.17) is 0 Å². The van der Waals surface area contributed by atoms with E-state index in [0.29, 0.717) is 0 Å². The zero-order chi connectivity index (χ0) is 16.5. The van der Waals surface area contributed by atoms with Crippen molar-refractivity contribution < 1.29 is 0 Å². The van der Waals surface area contributed by atoms with Crippen molar-refractivity contribution in [1.29, 1.82) is 0 Å². The van der Waals surface area contributed by atoms with Crippen molar-refractivity contribution in [2.45, 2.75) is 19.6 Å². The maximum atomic E-state index is 2.31. The lowest BCUT2D eigenvalue weighted by Gasteiger charge is -2.16. The van der Waals surface area contributed by atoms with Crippen LogP contribution in [-0.2, 0) is 0 Å². The van der Waals surface area contributed by atoms with Crippen LogP contribution in [0.5, 0.6) is 0 Å². The Hall–Kier alpha value is -1.91. The van der Waals surface area contributed by atoms with Gasteiger partial charge in [0.1, 0.15) is 8.80 Å². The molecule has 2 heteroatoms. The van der Waals surface area contributed by atoms with Gasteiger partial charge in [-0.25, -0.2) is 0 Å². The molecule has 0 aliphatic carbocycles. The predicted octanol–water partition coefficient (Wildman–Crippen LogP) is 3.04. The van der Waals surface area contributed by atoms with E-state index in [1.54, 1.807) is 0 Å². The average Bonchev–Trinajstić information content (AvgIpc) is 2.58. The second-order valence-electron chi connectivity index (χ2n) is 6.40. The lowest BCUT2D eigenvalue weighted by molar-refractivity contribution is 1.71. The van der Waals surface area contributed by atoms with Gasteiger partial charge in [-0.3, -0.25) is 0 Å². The van der Waals surface area contributed by atoms with Crippen LogP contribution in [0.25, 0.3) is 0 Å². The molecule has 0 spiro atoms. The van der Waals surface area contributed by atoms with Crippen LogP contribution in [0.2, 0.25) is 19.6 Å². The maximum Gasteiger partial charge on any atom is 0.132 e. The van der Waals surface area contributed by atoms with E-state index in [9.17, 15) is 0 Å². The lowest BCUT2D eigenvalue weighted by atomic mass is 10.3. The molecule has 0 unspecified atom stereocenters. The quantitative estimate of drug-likeness (QED) is 0.510. The maximum absolute atomic E-state index is 2.31. The van der Waals surface area contributed by atoms with Gasteiger partial charge in [0.25, 0.3) is 0 Å². The Morgan fingerprint density at radius 1 is 0.435 bits per heavy atom. The Morgan fingerprint density at radius 2 is 0.652 bits per heavy atom. The SMILES string of the molecule is C[SiH](C)C.c1ccc([SiH](c2ccccc2)c2ccccc2)cc1. The number of benzene rings is 3. The number of rotatable bonds is 3. The molecule has 0 amide bonds. The van der Waals surface area contributed by atoms with Gasteiger partial charge in [-0.1, -0.05) is 126 Å². The molecule has 0 heterocycles. The first-order valence-corrected chi connectivity index (χ1v) is 13.5. The molecule has 0 fully saturated rings. The van der Waals surface area contributed by atoms with Crippen molar-refractivity contribution >= 4 is 33.2 Å². The largest absolute Gasteiger partial charge is 0.132 e. The van der Waals surface area contributed by atoms with Gasteiger partial charge in [0.2, 0.25) is 0 Å². The summed E-state index contributed by atoms with van der Waals surface area (Å²) in [6.07, 6.45) is 0. The van der Waals surface area contributed by atoms with Gasteiger partial charge in [-0.2, -0.15) is 0 Å². The highest BCUT2D eigenvalue weighted by atomic mass is 28.3. The van der Waals surface area contributed by atoms with Gasteiger partial charge in [0.05, 0.1) is 0 Å². The van der Waals surface area contributed by atoms with E-state index in [-0.39, 0.29) is 8.80 Å². The van der Waals surface area contributed by atoms with Crippen molar-refractivity contribution in [1.82, 2.24) is 0 Å². The average molecular weight is 335 g/mol. The highest BCUT2D eigenvalue weighted by Crippen LogP contribution is 1.95. The van der Waals surface area contributed by atoms with Crippen LogP contribution in [0.1, 0.15) is 0 Å². The molecule has 0 saturated carbocycles. The van der Waals surface area contributed by atoms with E-state index in [0.717, 1.165) is 0 Å². The molecule has 0 aliphatic heterocycles. The van der Waals surface area contributed by atoms with Gasteiger partial charge in [0.15, 0.2) is 0 Å². The summed E-state index contributed by atoms with van der Waals surface area (Å²) >= 11 is 0. The molecular formula is C21H26Si2. The summed E-state index contributed by atoms with van der Waals surface area (Å²) in [5, 5.41) is 4.42. The molecule has 0 nitrogen and oxygen atoms in total. The summed E-state index contributed by atoms with van der Waals surface area (Å²) in [6.45, 7) is 6.92. The molecule has 3 aromatic rings. The summed E-state index contributed by atoms with van der Waals surface area (Å²) < 4.78 is 0. The standard InChI is InChI=1S/C18H16Si.C3H10Si/c1-4-10-16(11-5-1)19(17-12-6-2-7-13-17)18-14-8-3-9-15-18;1-4(2)3/h1-15,19H;4H,1-3H3. The number of hydrogen-bond donors (Lipinski definition) is 0. The minimum Gasteiger partial charge on any atom is -0.0724 e. The van der Waals surface area contributed by atoms with E-state index >= 15 is 0 Å². The van der Waals surface area contributed by atoms with Crippen LogP contribution in [0.3, 0.4) is 0 Å². The smallest absolute Gasteiger partial charge is 0.0724 e. The molecule has 3 aromatic carbocycles. The highest BCUT2D eigenvalue weighted by Gasteiger charge is 2.17. The Labute approximate surface area is 144 Å². The van der Waals surface area contributed by atoms with E-state index in [1.165, 1.54) is 15.6 Å². The van der Waals surface area contributed by atoms with Gasteiger partial charge < -0.3 is 0 Å². The Bertz CT molecular complexity index is 567. The van der Waals surface area contributed by atoms with Crippen molar-refractivity contribution in [3.8, 4) is 0 Å². The normalized spacial score (nSPS) is 10.3. The molecule has 0 bridgehead atoms. The first-order chi connectivity index (χ1) is 11.2. The molecule has 0 saturated heterocycles. The summed E-state index contributed by atoms with van der Waals surface area (Å²) in [4.78, 5) is 0. The summed E-state index contributed by atoms with van der Waals surface area (Å²) in [6, 6.07) is 32.7. The third kappa shape index (κ3) is 5.66. The Kier molecular flexibility index (Phi) is 7.04. The second-order valence-corrected chi connectivity index (χ2v) is 12.7. The van der Waals surface area contributed by atoms with Gasteiger partial charge in [-0.15, -0.1) is 0 Å². The van der Waals surface area contributed by atoms with Gasteiger partial charge in [0, 0.05) is 8.80 Å². The van der Waals surface area contributed by atoms with Crippen molar-refractivity contribution in [2.24, 2.45) is 0 Å². The minimum atomic E-state index is -1.31. The molecule has 0 aromatic heterocycles. The zero-order valence-electron chi connectivity index (χ0n) is 14.3. The third-order valence-corrected chi connectivity index (χ3v) is 6.55. The van der Waals surface area contributed by atoms with Crippen LogP contribution in [0.4, 0.5) is 0 Å². The van der Waals surface area contributed by atoms with Gasteiger partial charge in [-0.05, 0) is 0 Å². The summed E-state index contributed by atoms with van der Waals surface area (Å²) in [5.41, 5.74) is 0. The van der Waals surface area contributed by atoms with E-state index < -0.39 is 8.80 Å². The molecular weight excluding hydrogens is 308 g/mol. The van der Waals surface area contributed by atoms with Crippen LogP contribution in [0, 0.1) is 0 Å². The topological polar surface area (TPSA) is 0 Å². The minimum absolute atomic E-state index is 0.139. The van der Waals surface area contributed by atoms with Crippen molar-refractivity contribution in [3.63, 3.8) is 0 Å². The first-order valence-electron chi connectivity index (χ1n) is 8.33. The Balaban J connectivity index is 0.000000433.